The molecular weight excluding hydrogens is 404 g/mol. The highest BCUT2D eigenvalue weighted by atomic mass is 79.9. The molecule has 2 N–H and O–H groups in total. The number of nitrogens with zero attached hydrogens (tertiary/aromatic N) is 2. The van der Waals surface area contributed by atoms with Crippen molar-refractivity contribution in [3.8, 4) is 0 Å². The van der Waals surface area contributed by atoms with E-state index in [2.05, 4.69) is 48.7 Å². The zero-order valence-corrected chi connectivity index (χ0v) is 16.3. The summed E-state index contributed by atoms with van der Waals surface area (Å²) in [5.41, 5.74) is 4.99. The van der Waals surface area contributed by atoms with E-state index in [0.717, 1.165) is 46.4 Å². The number of amides is 1. The fourth-order valence-electron chi connectivity index (χ4n) is 3.18. The summed E-state index contributed by atoms with van der Waals surface area (Å²) in [6, 6.07) is 16.3. The molecule has 2 heterocycles. The van der Waals surface area contributed by atoms with Crippen LogP contribution in [0, 0.1) is 0 Å². The van der Waals surface area contributed by atoms with Gasteiger partial charge in [-0.15, -0.1) is 0 Å². The van der Waals surface area contributed by atoms with Crippen molar-refractivity contribution in [1.29, 1.82) is 0 Å². The predicted molar refractivity (Wildman–Crippen MR) is 110 cm³/mol. The van der Waals surface area contributed by atoms with E-state index in [0.29, 0.717) is 12.4 Å². The van der Waals surface area contributed by atoms with Crippen LogP contribution in [0.4, 0.5) is 17.3 Å². The van der Waals surface area contributed by atoms with Crippen molar-refractivity contribution in [2.24, 2.45) is 0 Å². The van der Waals surface area contributed by atoms with Crippen LogP contribution in [0.15, 0.2) is 59.2 Å². The average Bonchev–Trinajstić information content (AvgIpc) is 2.69. The molecule has 0 atom stereocenters. The van der Waals surface area contributed by atoms with Crippen LogP contribution in [0.2, 0.25) is 0 Å². The van der Waals surface area contributed by atoms with Gasteiger partial charge in [0.2, 0.25) is 11.9 Å². The topological polar surface area (TPSA) is 66.9 Å². The second-order valence-corrected chi connectivity index (χ2v) is 7.34. The van der Waals surface area contributed by atoms with Crippen molar-refractivity contribution in [1.82, 2.24) is 9.97 Å². The third-order valence-corrected chi connectivity index (χ3v) is 5.26. The predicted octanol–water partition coefficient (Wildman–Crippen LogP) is 4.65. The van der Waals surface area contributed by atoms with Crippen LogP contribution >= 0.6 is 15.9 Å². The van der Waals surface area contributed by atoms with Crippen molar-refractivity contribution in [3.63, 3.8) is 0 Å². The molecule has 6 heteroatoms. The lowest BCUT2D eigenvalue weighted by molar-refractivity contribution is -0.116. The molecule has 27 heavy (non-hydrogen) atoms. The highest BCUT2D eigenvalue weighted by Gasteiger charge is 2.18. The molecule has 1 aliphatic rings. The van der Waals surface area contributed by atoms with Crippen LogP contribution in [0.5, 0.6) is 0 Å². The van der Waals surface area contributed by atoms with Crippen molar-refractivity contribution >= 4 is 39.2 Å². The number of halogens is 1. The van der Waals surface area contributed by atoms with Gasteiger partial charge in [0.1, 0.15) is 0 Å². The second kappa shape index (κ2) is 7.88. The van der Waals surface area contributed by atoms with Gasteiger partial charge in [-0.1, -0.05) is 42.5 Å². The number of para-hydroxylation sites is 1. The molecule has 136 valence electrons. The van der Waals surface area contributed by atoms with E-state index in [-0.39, 0.29) is 5.91 Å². The molecule has 0 spiro atoms. The van der Waals surface area contributed by atoms with Crippen LogP contribution in [-0.4, -0.2) is 15.9 Å². The molecular formula is C21H19BrN4O. The van der Waals surface area contributed by atoms with Crippen molar-refractivity contribution in [2.75, 3.05) is 10.6 Å². The first-order valence-electron chi connectivity index (χ1n) is 8.93. The molecule has 1 aromatic heterocycles. The Kier molecular flexibility index (Phi) is 5.16. The molecule has 4 rings (SSSR count). The van der Waals surface area contributed by atoms with E-state index < -0.39 is 0 Å². The van der Waals surface area contributed by atoms with Gasteiger partial charge < -0.3 is 10.6 Å². The van der Waals surface area contributed by atoms with Gasteiger partial charge in [0.05, 0.1) is 21.5 Å². The zero-order valence-electron chi connectivity index (χ0n) is 14.7. The van der Waals surface area contributed by atoms with Crippen LogP contribution in [0.1, 0.15) is 23.2 Å². The average molecular weight is 423 g/mol. The number of anilines is 3. The van der Waals surface area contributed by atoms with Crippen molar-refractivity contribution in [3.05, 3.63) is 76.0 Å². The summed E-state index contributed by atoms with van der Waals surface area (Å²) >= 11 is 3.55. The van der Waals surface area contributed by atoms with Gasteiger partial charge in [0.15, 0.2) is 0 Å². The van der Waals surface area contributed by atoms with E-state index in [1.165, 1.54) is 5.56 Å². The number of carbonyl (C=O) groups excluding carboxylic acids is 1. The Morgan fingerprint density at radius 2 is 1.89 bits per heavy atom. The third kappa shape index (κ3) is 4.17. The van der Waals surface area contributed by atoms with Gasteiger partial charge in [-0.05, 0) is 52.4 Å². The number of rotatable bonds is 5. The number of hydrogen-bond acceptors (Lipinski definition) is 4. The standard InChI is InChI=1S/C21H19BrN4O/c22-16-13-23-21(24-17(16)11-9-14-5-2-1-3-6-14)25-18-8-4-7-15-10-12-19(27)26-20(15)18/h1-8,13H,9-12H2,(H,26,27)(H,23,24,25). The monoisotopic (exact) mass is 422 g/mol. The van der Waals surface area contributed by atoms with E-state index in [9.17, 15) is 4.79 Å². The maximum absolute atomic E-state index is 11.8. The first-order chi connectivity index (χ1) is 13.2. The Morgan fingerprint density at radius 1 is 1.04 bits per heavy atom. The van der Waals surface area contributed by atoms with Gasteiger partial charge in [-0.25, -0.2) is 9.97 Å². The number of benzene rings is 2. The lowest BCUT2D eigenvalue weighted by Gasteiger charge is -2.20. The third-order valence-electron chi connectivity index (χ3n) is 4.59. The molecule has 0 fully saturated rings. The highest BCUT2D eigenvalue weighted by molar-refractivity contribution is 9.10. The molecule has 0 bridgehead atoms. The van der Waals surface area contributed by atoms with Crippen LogP contribution < -0.4 is 10.6 Å². The molecule has 0 aliphatic carbocycles. The fraction of sp³-hybridized carbons (Fsp3) is 0.190. The summed E-state index contributed by atoms with van der Waals surface area (Å²) in [7, 11) is 0. The Labute approximate surface area is 166 Å². The van der Waals surface area contributed by atoms with Crippen LogP contribution in [0.3, 0.4) is 0 Å². The smallest absolute Gasteiger partial charge is 0.227 e. The molecule has 0 radical (unpaired) electrons. The Hall–Kier alpha value is -2.73. The van der Waals surface area contributed by atoms with Gasteiger partial charge >= 0.3 is 0 Å². The molecule has 1 aliphatic heterocycles. The molecule has 0 saturated heterocycles. The number of fused-ring (bicyclic) bond motifs is 1. The minimum Gasteiger partial charge on any atom is -0.324 e. The zero-order chi connectivity index (χ0) is 18.6. The number of nitrogens with one attached hydrogen (secondary N) is 2. The number of hydrogen-bond donors (Lipinski definition) is 2. The van der Waals surface area contributed by atoms with Gasteiger partial charge in [0, 0.05) is 12.6 Å². The Bertz CT molecular complexity index is 975. The van der Waals surface area contributed by atoms with Gasteiger partial charge in [-0.2, -0.15) is 0 Å². The maximum Gasteiger partial charge on any atom is 0.227 e. The van der Waals surface area contributed by atoms with Crippen molar-refractivity contribution in [2.45, 2.75) is 25.7 Å². The Morgan fingerprint density at radius 3 is 2.74 bits per heavy atom. The maximum atomic E-state index is 11.8. The van der Waals surface area contributed by atoms with E-state index in [1.54, 1.807) is 6.20 Å². The second-order valence-electron chi connectivity index (χ2n) is 6.49. The molecule has 1 amide bonds. The van der Waals surface area contributed by atoms with Gasteiger partial charge in [-0.3, -0.25) is 4.79 Å². The van der Waals surface area contributed by atoms with E-state index in [4.69, 9.17) is 0 Å². The molecule has 2 aromatic carbocycles. The minimum atomic E-state index is 0.0389. The summed E-state index contributed by atoms with van der Waals surface area (Å²) in [6.45, 7) is 0. The lowest BCUT2D eigenvalue weighted by Crippen LogP contribution is -2.20. The lowest BCUT2D eigenvalue weighted by atomic mass is 10.0. The number of aryl methyl sites for hydroxylation is 3. The molecule has 0 unspecified atom stereocenters. The number of aromatic nitrogens is 2. The van der Waals surface area contributed by atoms with Crippen LogP contribution in [0.25, 0.3) is 0 Å². The largest absolute Gasteiger partial charge is 0.324 e. The van der Waals surface area contributed by atoms with E-state index >= 15 is 0 Å². The van der Waals surface area contributed by atoms with Crippen LogP contribution in [-0.2, 0) is 24.1 Å². The summed E-state index contributed by atoms with van der Waals surface area (Å²) in [5, 5.41) is 6.22. The molecule has 3 aromatic rings. The van der Waals surface area contributed by atoms with Gasteiger partial charge in [0.25, 0.3) is 0 Å². The Balaban J connectivity index is 1.54. The first kappa shape index (κ1) is 17.7. The number of carbonyl (C=O) groups is 1. The summed E-state index contributed by atoms with van der Waals surface area (Å²) in [5.74, 6) is 0.562. The quantitative estimate of drug-likeness (QED) is 0.627. The summed E-state index contributed by atoms with van der Waals surface area (Å²) in [4.78, 5) is 20.8. The van der Waals surface area contributed by atoms with E-state index in [1.807, 2.05) is 36.4 Å². The summed E-state index contributed by atoms with van der Waals surface area (Å²) in [6.07, 6.45) is 4.76. The highest BCUT2D eigenvalue weighted by Crippen LogP contribution is 2.32. The fourth-order valence-corrected chi connectivity index (χ4v) is 3.57. The molecule has 5 nitrogen and oxygen atoms in total. The normalized spacial score (nSPS) is 13.0. The first-order valence-corrected chi connectivity index (χ1v) is 9.72. The van der Waals surface area contributed by atoms with Crippen molar-refractivity contribution < 1.29 is 4.79 Å². The SMILES string of the molecule is O=C1CCc2cccc(Nc3ncc(Br)c(CCc4ccccc4)n3)c2N1. The minimum absolute atomic E-state index is 0.0389. The molecule has 0 saturated carbocycles. The summed E-state index contributed by atoms with van der Waals surface area (Å²) < 4.78 is 0.896.